The maximum absolute atomic E-state index is 13.0. The van der Waals surface area contributed by atoms with Gasteiger partial charge in [-0.1, -0.05) is 41.7 Å². The van der Waals surface area contributed by atoms with Crippen LogP contribution in [-0.2, 0) is 16.0 Å². The third-order valence-corrected chi connectivity index (χ3v) is 7.24. The van der Waals surface area contributed by atoms with Crippen molar-refractivity contribution in [1.82, 2.24) is 15.1 Å². The minimum absolute atomic E-state index is 0.0149. The smallest absolute Gasteiger partial charge is 0.229 e. The number of rotatable bonds is 4. The highest BCUT2D eigenvalue weighted by Crippen LogP contribution is 2.52. The molecule has 6 nitrogen and oxygen atoms in total. The van der Waals surface area contributed by atoms with Gasteiger partial charge in [-0.15, -0.1) is 10.2 Å². The third kappa shape index (κ3) is 3.43. The first-order valence-corrected chi connectivity index (χ1v) is 10.9. The number of carbonyl (C=O) groups excluding carboxylic acids is 2. The number of likely N-dealkylation sites (tertiary alicyclic amines) is 1. The Morgan fingerprint density at radius 3 is 2.79 bits per heavy atom. The molecule has 3 fully saturated rings. The zero-order valence-electron chi connectivity index (χ0n) is 15.8. The van der Waals surface area contributed by atoms with Crippen LogP contribution in [-0.4, -0.2) is 46.5 Å². The molecular weight excluding hydrogens is 372 g/mol. The molecule has 1 aromatic heterocycles. The molecule has 1 unspecified atom stereocenters. The van der Waals surface area contributed by atoms with Gasteiger partial charge in [0.15, 0.2) is 0 Å². The molecule has 5 rings (SSSR count). The summed E-state index contributed by atoms with van der Waals surface area (Å²) in [6.45, 7) is 2.16. The van der Waals surface area contributed by atoms with E-state index >= 15 is 0 Å². The molecule has 7 heteroatoms. The maximum atomic E-state index is 13.0. The van der Waals surface area contributed by atoms with E-state index in [1.807, 2.05) is 23.1 Å². The maximum Gasteiger partial charge on any atom is 0.229 e. The first kappa shape index (κ1) is 17.8. The van der Waals surface area contributed by atoms with Gasteiger partial charge < -0.3 is 4.90 Å². The van der Waals surface area contributed by atoms with Crippen molar-refractivity contribution >= 4 is 28.3 Å². The molecule has 1 saturated carbocycles. The summed E-state index contributed by atoms with van der Waals surface area (Å²) in [5, 5.41) is 9.99. The average molecular weight is 397 g/mol. The van der Waals surface area contributed by atoms with Gasteiger partial charge in [0.1, 0.15) is 5.01 Å². The predicted molar refractivity (Wildman–Crippen MR) is 107 cm³/mol. The summed E-state index contributed by atoms with van der Waals surface area (Å²) in [4.78, 5) is 29.2. The number of anilines is 1. The molecule has 1 atom stereocenters. The molecule has 28 heavy (non-hydrogen) atoms. The van der Waals surface area contributed by atoms with Gasteiger partial charge in [0.05, 0.1) is 5.92 Å². The highest BCUT2D eigenvalue weighted by molar-refractivity contribution is 7.15. The molecule has 0 bridgehead atoms. The highest BCUT2D eigenvalue weighted by Gasteiger charge is 2.48. The second-order valence-electron chi connectivity index (χ2n) is 8.41. The Balaban J connectivity index is 1.25. The van der Waals surface area contributed by atoms with Gasteiger partial charge in [-0.3, -0.25) is 14.5 Å². The van der Waals surface area contributed by atoms with Gasteiger partial charge in [-0.05, 0) is 36.7 Å². The predicted octanol–water partition coefficient (Wildman–Crippen LogP) is 2.88. The molecule has 3 aliphatic rings. The number of aromatic nitrogens is 2. The van der Waals surface area contributed by atoms with Crippen molar-refractivity contribution in [3.05, 3.63) is 40.9 Å². The molecule has 2 aromatic rings. The van der Waals surface area contributed by atoms with E-state index in [2.05, 4.69) is 22.3 Å². The lowest BCUT2D eigenvalue weighted by Crippen LogP contribution is -2.44. The molecule has 2 amide bonds. The average Bonchev–Trinajstić information content (AvgIpc) is 3.12. The van der Waals surface area contributed by atoms with Crippen LogP contribution in [0.3, 0.4) is 0 Å². The van der Waals surface area contributed by atoms with Crippen LogP contribution >= 0.6 is 11.3 Å². The number of nitrogens with zero attached hydrogens (tertiary/aromatic N) is 4. The standard InChI is InChI=1S/C21H24N4O2S/c26-18-12-16(19(27)24-10-4-7-21(14-24)8-9-21)13-25(18)20-23-22-17(28-20)11-15-5-2-1-3-6-15/h1-3,5-6,16H,4,7-14H2. The lowest BCUT2D eigenvalue weighted by Gasteiger charge is -2.34. The minimum atomic E-state index is -0.247. The fourth-order valence-corrected chi connectivity index (χ4v) is 5.39. The topological polar surface area (TPSA) is 66.4 Å². The molecule has 1 spiro atoms. The molecular formula is C21H24N4O2S. The summed E-state index contributed by atoms with van der Waals surface area (Å²) in [6, 6.07) is 10.1. The van der Waals surface area contributed by atoms with Crippen LogP contribution in [0.2, 0.25) is 0 Å². The Morgan fingerprint density at radius 2 is 2.00 bits per heavy atom. The van der Waals surface area contributed by atoms with E-state index in [-0.39, 0.29) is 24.2 Å². The van der Waals surface area contributed by atoms with Crippen LogP contribution < -0.4 is 4.90 Å². The monoisotopic (exact) mass is 396 g/mol. The van der Waals surface area contributed by atoms with Gasteiger partial charge in [0.2, 0.25) is 16.9 Å². The Hall–Kier alpha value is -2.28. The van der Waals surface area contributed by atoms with E-state index in [0.29, 0.717) is 23.5 Å². The van der Waals surface area contributed by atoms with Crippen LogP contribution in [0.4, 0.5) is 5.13 Å². The normalized spacial score (nSPS) is 23.4. The highest BCUT2D eigenvalue weighted by atomic mass is 32.1. The molecule has 0 N–H and O–H groups in total. The van der Waals surface area contributed by atoms with Crippen molar-refractivity contribution in [3.8, 4) is 0 Å². The van der Waals surface area contributed by atoms with Gasteiger partial charge >= 0.3 is 0 Å². The number of hydrogen-bond donors (Lipinski definition) is 0. The van der Waals surface area contributed by atoms with E-state index in [1.165, 1.54) is 36.2 Å². The number of carbonyl (C=O) groups is 2. The first-order chi connectivity index (χ1) is 13.6. The minimum Gasteiger partial charge on any atom is -0.342 e. The SMILES string of the molecule is O=C(C1CC(=O)N(c2nnc(Cc3ccccc3)s2)C1)N1CCCC2(CC2)C1. The van der Waals surface area contributed by atoms with E-state index in [9.17, 15) is 9.59 Å². The van der Waals surface area contributed by atoms with Gasteiger partial charge in [0.25, 0.3) is 0 Å². The fraction of sp³-hybridized carbons (Fsp3) is 0.524. The molecule has 0 radical (unpaired) electrons. The molecule has 1 aromatic carbocycles. The van der Waals surface area contributed by atoms with Gasteiger partial charge in [-0.2, -0.15) is 0 Å². The van der Waals surface area contributed by atoms with Crippen molar-refractivity contribution in [2.75, 3.05) is 24.5 Å². The first-order valence-electron chi connectivity index (χ1n) is 10.1. The lowest BCUT2D eigenvalue weighted by atomic mass is 9.93. The van der Waals surface area contributed by atoms with Crippen molar-refractivity contribution in [3.63, 3.8) is 0 Å². The Bertz CT molecular complexity index is 893. The number of piperidine rings is 1. The van der Waals surface area contributed by atoms with Crippen molar-refractivity contribution in [2.24, 2.45) is 11.3 Å². The molecule has 3 heterocycles. The van der Waals surface area contributed by atoms with Gasteiger partial charge in [0, 0.05) is 32.5 Å². The number of hydrogen-bond acceptors (Lipinski definition) is 5. The molecule has 1 aliphatic carbocycles. The van der Waals surface area contributed by atoms with Crippen molar-refractivity contribution in [1.29, 1.82) is 0 Å². The van der Waals surface area contributed by atoms with E-state index in [0.717, 1.165) is 24.5 Å². The summed E-state index contributed by atoms with van der Waals surface area (Å²) in [5.41, 5.74) is 1.58. The van der Waals surface area contributed by atoms with Crippen LogP contribution in [0.1, 0.15) is 42.7 Å². The second-order valence-corrected chi connectivity index (χ2v) is 9.45. The zero-order chi connectivity index (χ0) is 19.1. The number of amides is 2. The largest absolute Gasteiger partial charge is 0.342 e. The molecule has 2 aliphatic heterocycles. The Labute approximate surface area is 168 Å². The number of benzene rings is 1. The van der Waals surface area contributed by atoms with Crippen LogP contribution in [0.5, 0.6) is 0 Å². The lowest BCUT2D eigenvalue weighted by molar-refractivity contribution is -0.137. The fourth-order valence-electron chi connectivity index (χ4n) is 4.49. The van der Waals surface area contributed by atoms with Crippen LogP contribution in [0, 0.1) is 11.3 Å². The quantitative estimate of drug-likeness (QED) is 0.797. The van der Waals surface area contributed by atoms with E-state index < -0.39 is 0 Å². The van der Waals surface area contributed by atoms with Gasteiger partial charge in [-0.25, -0.2) is 0 Å². The molecule has 2 saturated heterocycles. The molecule has 146 valence electrons. The summed E-state index contributed by atoms with van der Waals surface area (Å²) in [6.07, 6.45) is 5.84. The van der Waals surface area contributed by atoms with Crippen LogP contribution in [0.15, 0.2) is 30.3 Å². The van der Waals surface area contributed by atoms with Crippen molar-refractivity contribution in [2.45, 2.75) is 38.5 Å². The summed E-state index contributed by atoms with van der Waals surface area (Å²) in [5.74, 6) is -0.113. The summed E-state index contributed by atoms with van der Waals surface area (Å²) in [7, 11) is 0. The van der Waals surface area contributed by atoms with Crippen LogP contribution in [0.25, 0.3) is 0 Å². The Kier molecular flexibility index (Phi) is 4.42. The third-order valence-electron chi connectivity index (χ3n) is 6.29. The van der Waals surface area contributed by atoms with Crippen molar-refractivity contribution < 1.29 is 9.59 Å². The zero-order valence-corrected chi connectivity index (χ0v) is 16.7. The van der Waals surface area contributed by atoms with E-state index in [1.54, 1.807) is 4.90 Å². The van der Waals surface area contributed by atoms with E-state index in [4.69, 9.17) is 0 Å². The second kappa shape index (κ2) is 6.95. The summed E-state index contributed by atoms with van der Waals surface area (Å²) >= 11 is 1.45. The Morgan fingerprint density at radius 1 is 1.18 bits per heavy atom. The summed E-state index contributed by atoms with van der Waals surface area (Å²) < 4.78 is 0.